The summed E-state index contributed by atoms with van der Waals surface area (Å²) in [6, 6.07) is 0. The van der Waals surface area contributed by atoms with Crippen molar-refractivity contribution in [3.63, 3.8) is 0 Å². The molecule has 0 aromatic heterocycles. The van der Waals surface area contributed by atoms with E-state index in [9.17, 15) is 0 Å². The molecule has 0 unspecified atom stereocenters. The molecule has 0 atom stereocenters. The minimum Gasteiger partial charge on any atom is -0.106 e. The van der Waals surface area contributed by atoms with E-state index in [4.69, 9.17) is 0 Å². The van der Waals surface area contributed by atoms with E-state index in [1.54, 1.807) is 22.7 Å². The Morgan fingerprint density at radius 3 is 1.57 bits per heavy atom. The van der Waals surface area contributed by atoms with E-state index >= 15 is 0 Å². The molecule has 0 nitrogen and oxygen atoms in total. The van der Waals surface area contributed by atoms with E-state index in [-0.39, 0.29) is 0 Å². The van der Waals surface area contributed by atoms with Gasteiger partial charge in [-0.15, -0.1) is 13.2 Å². The maximum Gasteiger partial charge on any atom is -0.106 e. The molecule has 1 saturated heterocycles. The summed E-state index contributed by atoms with van der Waals surface area (Å²) in [6.07, 6.45) is 3.11. The Morgan fingerprint density at radius 2 is 1.43 bits per heavy atom. The van der Waals surface area contributed by atoms with Gasteiger partial charge in [0.25, 0.3) is 0 Å². The second kappa shape index (κ2) is 6.39. The van der Waals surface area contributed by atoms with Crippen molar-refractivity contribution < 1.29 is 17.7 Å². The Balaban J connectivity index is 0.000000162. The summed E-state index contributed by atoms with van der Waals surface area (Å²) >= 11 is 0.639. The monoisotopic (exact) mass is 277 g/mol. The van der Waals surface area contributed by atoms with E-state index in [1.165, 1.54) is 0 Å². The SMILES string of the molecule is C1C[CH2][Ir][CH2]1.C=C. The quantitative estimate of drug-likeness (QED) is 0.596. The van der Waals surface area contributed by atoms with Crippen molar-refractivity contribution in [2.75, 3.05) is 0 Å². The Bertz CT molecular complexity index is 23.6. The van der Waals surface area contributed by atoms with Crippen LogP contribution in [0.4, 0.5) is 0 Å². The van der Waals surface area contributed by atoms with Crippen LogP contribution < -0.4 is 0 Å². The van der Waals surface area contributed by atoms with Crippen LogP contribution in [-0.2, 0) is 17.7 Å². The van der Waals surface area contributed by atoms with E-state index in [1.807, 2.05) is 0 Å². The molecule has 0 bridgehead atoms. The summed E-state index contributed by atoms with van der Waals surface area (Å²) in [6.45, 7) is 6.00. The fourth-order valence-corrected chi connectivity index (χ4v) is 3.41. The zero-order valence-electron chi connectivity index (χ0n) is 4.58. The van der Waals surface area contributed by atoms with Crippen LogP contribution in [0, 0.1) is 0 Å². The van der Waals surface area contributed by atoms with Gasteiger partial charge in [-0.1, -0.05) is 0 Å². The van der Waals surface area contributed by atoms with Gasteiger partial charge in [-0.2, -0.15) is 0 Å². The number of hydrogen-bond acceptors (Lipinski definition) is 0. The van der Waals surface area contributed by atoms with Gasteiger partial charge in [-0.25, -0.2) is 0 Å². The predicted molar refractivity (Wildman–Crippen MR) is 30.1 cm³/mol. The molecule has 1 heteroatoms. The topological polar surface area (TPSA) is 0 Å². The van der Waals surface area contributed by atoms with Gasteiger partial charge >= 0.3 is 40.4 Å². The van der Waals surface area contributed by atoms with Crippen LogP contribution in [0.3, 0.4) is 0 Å². The van der Waals surface area contributed by atoms with Crippen LogP contribution in [-0.4, -0.2) is 0 Å². The zero-order valence-corrected chi connectivity index (χ0v) is 6.97. The average molecular weight is 276 g/mol. The molecule has 0 saturated carbocycles. The van der Waals surface area contributed by atoms with Crippen LogP contribution in [0.2, 0.25) is 9.87 Å². The molecule has 1 fully saturated rings. The molecule has 1 aliphatic rings. The van der Waals surface area contributed by atoms with E-state index < -0.39 is 0 Å². The van der Waals surface area contributed by atoms with Crippen LogP contribution in [0.1, 0.15) is 12.8 Å². The minimum atomic E-state index is 0.639. The summed E-state index contributed by atoms with van der Waals surface area (Å²) in [5, 5.41) is 0. The first-order valence-corrected chi connectivity index (χ1v) is 5.86. The minimum absolute atomic E-state index is 0.639. The van der Waals surface area contributed by atoms with Gasteiger partial charge in [0.1, 0.15) is 0 Å². The molecule has 0 aromatic rings. The van der Waals surface area contributed by atoms with Gasteiger partial charge in [0.15, 0.2) is 0 Å². The molecule has 0 aliphatic carbocycles. The summed E-state index contributed by atoms with van der Waals surface area (Å²) in [5.74, 6) is 0. The third-order valence-corrected chi connectivity index (χ3v) is 4.11. The van der Waals surface area contributed by atoms with Crippen molar-refractivity contribution >= 4 is 0 Å². The second-order valence-corrected chi connectivity index (χ2v) is 4.80. The standard InChI is InChI=1S/C4H8.C2H4.Ir/c1-3-4-2;1-2;/h1-4H2;1-2H2;. The van der Waals surface area contributed by atoms with Gasteiger partial charge in [-0.3, -0.25) is 0 Å². The molecule has 0 amide bonds. The Hall–Kier alpha value is 0.389. The van der Waals surface area contributed by atoms with Crippen LogP contribution in [0.15, 0.2) is 13.2 Å². The van der Waals surface area contributed by atoms with Crippen molar-refractivity contribution in [3.8, 4) is 0 Å². The Kier molecular flexibility index (Phi) is 6.74. The molecule has 7 heavy (non-hydrogen) atoms. The van der Waals surface area contributed by atoms with Crippen molar-refractivity contribution in [1.29, 1.82) is 0 Å². The van der Waals surface area contributed by atoms with Gasteiger partial charge < -0.3 is 0 Å². The van der Waals surface area contributed by atoms with Crippen LogP contribution in [0.5, 0.6) is 0 Å². The van der Waals surface area contributed by atoms with E-state index in [0.29, 0.717) is 17.7 Å². The summed E-state index contributed by atoms with van der Waals surface area (Å²) in [7, 11) is 0. The normalized spacial score (nSPS) is 18.9. The number of hydrogen-bond donors (Lipinski definition) is 0. The van der Waals surface area contributed by atoms with Crippen molar-refractivity contribution in [1.82, 2.24) is 0 Å². The largest absolute Gasteiger partial charge is 0.106 e. The summed E-state index contributed by atoms with van der Waals surface area (Å²) in [5.41, 5.74) is 0. The third kappa shape index (κ3) is 4.24. The van der Waals surface area contributed by atoms with Crippen molar-refractivity contribution in [3.05, 3.63) is 13.2 Å². The summed E-state index contributed by atoms with van der Waals surface area (Å²) in [4.78, 5) is 3.25. The maximum absolute atomic E-state index is 3.00. The molecular formula is C6H12Ir. The predicted octanol–water partition coefficient (Wildman–Crippen LogP) is 2.50. The van der Waals surface area contributed by atoms with Gasteiger partial charge in [-0.05, 0) is 0 Å². The molecule has 0 radical (unpaired) electrons. The van der Waals surface area contributed by atoms with E-state index in [2.05, 4.69) is 13.2 Å². The Morgan fingerprint density at radius 1 is 1.00 bits per heavy atom. The molecule has 1 rings (SSSR count). The molecule has 0 aromatic carbocycles. The van der Waals surface area contributed by atoms with E-state index in [0.717, 1.165) is 0 Å². The molecule has 1 aliphatic heterocycles. The molecule has 45 valence electrons. The average Bonchev–Trinajstić information content (AvgIpc) is 2.23. The fourth-order valence-electron chi connectivity index (χ4n) is 0.417. The second-order valence-electron chi connectivity index (χ2n) is 1.21. The smallest absolute Gasteiger partial charge is 0.106 e. The van der Waals surface area contributed by atoms with Crippen molar-refractivity contribution in [2.45, 2.75) is 22.7 Å². The Labute approximate surface area is 54.0 Å². The molecule has 0 spiro atoms. The fraction of sp³-hybridized carbons (Fsp3) is 0.667. The first kappa shape index (κ1) is 7.39. The zero-order chi connectivity index (χ0) is 5.54. The first-order chi connectivity index (χ1) is 3.50. The van der Waals surface area contributed by atoms with Gasteiger partial charge in [0, 0.05) is 0 Å². The molecule has 1 heterocycles. The first-order valence-electron chi connectivity index (χ1n) is 2.47. The molecular weight excluding hydrogens is 264 g/mol. The third-order valence-electron chi connectivity index (χ3n) is 0.721. The summed E-state index contributed by atoms with van der Waals surface area (Å²) < 4.78 is 0. The van der Waals surface area contributed by atoms with Crippen LogP contribution in [0.25, 0.3) is 0 Å². The van der Waals surface area contributed by atoms with Crippen LogP contribution >= 0.6 is 0 Å². The van der Waals surface area contributed by atoms with Gasteiger partial charge in [0.2, 0.25) is 0 Å². The maximum atomic E-state index is 3.00. The van der Waals surface area contributed by atoms with Crippen molar-refractivity contribution in [2.24, 2.45) is 0 Å². The number of rotatable bonds is 0. The van der Waals surface area contributed by atoms with Gasteiger partial charge in [0.05, 0.1) is 0 Å². The molecule has 0 N–H and O–H groups in total.